The molecule has 21 heavy (non-hydrogen) atoms. The first-order valence-electron chi connectivity index (χ1n) is 6.96. The zero-order valence-electron chi connectivity index (χ0n) is 12.1. The zero-order chi connectivity index (χ0) is 15.0. The highest BCUT2D eigenvalue weighted by Gasteiger charge is 2.25. The molecular weight excluding hydrogens is 286 g/mol. The molecule has 2 aromatic rings. The van der Waals surface area contributed by atoms with E-state index < -0.39 is 0 Å². The minimum absolute atomic E-state index is 0.0643. The number of hydrogen-bond acceptors (Lipinski definition) is 5. The maximum atomic E-state index is 12.0. The third-order valence-electron chi connectivity index (χ3n) is 3.45. The van der Waals surface area contributed by atoms with E-state index in [9.17, 15) is 4.79 Å². The second-order valence-corrected chi connectivity index (χ2v) is 6.46. The number of rotatable bonds is 5. The largest absolute Gasteiger partial charge is 0.397 e. The number of aromatic nitrogens is 2. The summed E-state index contributed by atoms with van der Waals surface area (Å²) in [7, 11) is 1.90. The molecule has 2 aromatic heterocycles. The van der Waals surface area contributed by atoms with Crippen LogP contribution in [0.2, 0.25) is 0 Å². The molecule has 0 spiro atoms. The van der Waals surface area contributed by atoms with Gasteiger partial charge in [0.15, 0.2) is 0 Å². The van der Waals surface area contributed by atoms with Crippen LogP contribution in [0.3, 0.4) is 0 Å². The van der Waals surface area contributed by atoms with Crippen LogP contribution < -0.4 is 16.4 Å². The van der Waals surface area contributed by atoms with E-state index in [0.29, 0.717) is 23.2 Å². The lowest BCUT2D eigenvalue weighted by molar-refractivity contribution is 0.0956. The van der Waals surface area contributed by atoms with Crippen molar-refractivity contribution in [3.63, 3.8) is 0 Å². The van der Waals surface area contributed by atoms with Crippen molar-refractivity contribution in [2.24, 2.45) is 7.05 Å². The highest BCUT2D eigenvalue weighted by molar-refractivity contribution is 7.18. The molecule has 1 aliphatic rings. The van der Waals surface area contributed by atoms with E-state index in [1.807, 2.05) is 26.2 Å². The number of nitrogens with zero attached hydrogens (tertiary/aromatic N) is 2. The van der Waals surface area contributed by atoms with Crippen LogP contribution in [-0.2, 0) is 13.6 Å². The van der Waals surface area contributed by atoms with Crippen molar-refractivity contribution in [1.82, 2.24) is 15.1 Å². The van der Waals surface area contributed by atoms with Crippen LogP contribution in [0.5, 0.6) is 0 Å². The van der Waals surface area contributed by atoms with E-state index in [0.717, 1.165) is 29.1 Å². The van der Waals surface area contributed by atoms with Gasteiger partial charge in [-0.15, -0.1) is 11.3 Å². The highest BCUT2D eigenvalue weighted by Crippen LogP contribution is 2.30. The van der Waals surface area contributed by atoms with Gasteiger partial charge in [0.1, 0.15) is 4.88 Å². The van der Waals surface area contributed by atoms with Gasteiger partial charge in [-0.05, 0) is 25.8 Å². The Morgan fingerprint density at radius 3 is 2.95 bits per heavy atom. The fourth-order valence-corrected chi connectivity index (χ4v) is 3.03. The van der Waals surface area contributed by atoms with E-state index in [4.69, 9.17) is 5.73 Å². The van der Waals surface area contributed by atoms with E-state index in [1.165, 1.54) is 11.3 Å². The van der Waals surface area contributed by atoms with Gasteiger partial charge in [-0.2, -0.15) is 5.10 Å². The second kappa shape index (κ2) is 5.40. The van der Waals surface area contributed by atoms with Crippen molar-refractivity contribution in [3.8, 4) is 0 Å². The quantitative estimate of drug-likeness (QED) is 0.787. The maximum absolute atomic E-state index is 12.0. The van der Waals surface area contributed by atoms with Gasteiger partial charge in [0.25, 0.3) is 5.91 Å². The molecule has 0 atom stereocenters. The van der Waals surface area contributed by atoms with Gasteiger partial charge >= 0.3 is 0 Å². The van der Waals surface area contributed by atoms with Crippen LogP contribution >= 0.6 is 11.3 Å². The first-order chi connectivity index (χ1) is 10.0. The van der Waals surface area contributed by atoms with Crippen molar-refractivity contribution in [1.29, 1.82) is 0 Å². The summed E-state index contributed by atoms with van der Waals surface area (Å²) in [5.41, 5.74) is 8.60. The summed E-state index contributed by atoms with van der Waals surface area (Å²) in [6, 6.07) is 2.16. The van der Waals surface area contributed by atoms with Gasteiger partial charge in [-0.25, -0.2) is 0 Å². The van der Waals surface area contributed by atoms with Crippen molar-refractivity contribution in [2.75, 3.05) is 11.1 Å². The average Bonchev–Trinajstić information content (AvgIpc) is 3.06. The number of nitrogen functional groups attached to an aromatic ring is 1. The summed E-state index contributed by atoms with van der Waals surface area (Å²) >= 11 is 1.39. The number of thiophene rings is 1. The van der Waals surface area contributed by atoms with E-state index in [2.05, 4.69) is 15.7 Å². The van der Waals surface area contributed by atoms with E-state index in [1.54, 1.807) is 4.68 Å². The van der Waals surface area contributed by atoms with E-state index >= 15 is 0 Å². The number of carbonyl (C=O) groups excluding carboxylic acids is 1. The number of nitrogens with one attached hydrogen (secondary N) is 2. The maximum Gasteiger partial charge on any atom is 0.263 e. The third-order valence-corrected chi connectivity index (χ3v) is 4.56. The molecule has 0 aliphatic heterocycles. The summed E-state index contributed by atoms with van der Waals surface area (Å²) in [6.45, 7) is 2.65. The molecule has 0 radical (unpaired) electrons. The lowest BCUT2D eigenvalue weighted by Gasteiger charge is -2.02. The number of hydrogen-bond donors (Lipinski definition) is 3. The predicted molar refractivity (Wildman–Crippen MR) is 84.5 cm³/mol. The van der Waals surface area contributed by atoms with Crippen molar-refractivity contribution in [3.05, 3.63) is 28.4 Å². The smallest absolute Gasteiger partial charge is 0.263 e. The molecule has 1 aliphatic carbocycles. The summed E-state index contributed by atoms with van der Waals surface area (Å²) in [4.78, 5) is 12.6. The molecule has 7 heteroatoms. The van der Waals surface area contributed by atoms with Gasteiger partial charge in [0.2, 0.25) is 0 Å². The van der Waals surface area contributed by atoms with Crippen LogP contribution in [0, 0.1) is 6.92 Å². The highest BCUT2D eigenvalue weighted by atomic mass is 32.1. The van der Waals surface area contributed by atoms with Crippen LogP contribution in [-0.4, -0.2) is 21.7 Å². The number of nitrogens with two attached hydrogens (primary N) is 1. The average molecular weight is 305 g/mol. The lowest BCUT2D eigenvalue weighted by atomic mass is 10.2. The molecule has 0 saturated heterocycles. The molecule has 6 nitrogen and oxygen atoms in total. The van der Waals surface area contributed by atoms with Gasteiger partial charge < -0.3 is 16.4 Å². The fourth-order valence-electron chi connectivity index (χ4n) is 2.15. The number of anilines is 2. The predicted octanol–water partition coefficient (Wildman–Crippen LogP) is 1.88. The third kappa shape index (κ3) is 3.18. The molecule has 0 aromatic carbocycles. The molecule has 0 bridgehead atoms. The standard InChI is InChI=1S/C14H19N5OS/c1-8-9(7-19(2)18-8)6-16-12-5-11(15)13(21-12)14(20)17-10-3-4-10/h5,7,10,16H,3-4,6,15H2,1-2H3,(H,17,20). The summed E-state index contributed by atoms with van der Waals surface area (Å²) < 4.78 is 1.80. The Bertz CT molecular complexity index is 671. The molecule has 4 N–H and O–H groups in total. The molecule has 1 fully saturated rings. The Morgan fingerprint density at radius 1 is 1.57 bits per heavy atom. The van der Waals surface area contributed by atoms with Crippen molar-refractivity contribution >= 4 is 27.9 Å². The summed E-state index contributed by atoms with van der Waals surface area (Å²) in [5, 5.41) is 11.5. The van der Waals surface area contributed by atoms with Gasteiger partial charge in [-0.3, -0.25) is 9.48 Å². The van der Waals surface area contributed by atoms with E-state index in [-0.39, 0.29) is 5.91 Å². The van der Waals surface area contributed by atoms with Crippen LogP contribution in [0.4, 0.5) is 10.7 Å². The molecule has 2 heterocycles. The van der Waals surface area contributed by atoms with Crippen molar-refractivity contribution in [2.45, 2.75) is 32.4 Å². The number of aryl methyl sites for hydroxylation is 2. The molecular formula is C14H19N5OS. The number of amides is 1. The second-order valence-electron chi connectivity index (χ2n) is 5.41. The normalized spacial score (nSPS) is 14.2. The Kier molecular flexibility index (Phi) is 3.59. The molecule has 1 saturated carbocycles. The monoisotopic (exact) mass is 305 g/mol. The van der Waals surface area contributed by atoms with Gasteiger partial charge in [0, 0.05) is 31.4 Å². The van der Waals surface area contributed by atoms with Crippen LogP contribution in [0.1, 0.15) is 33.8 Å². The van der Waals surface area contributed by atoms with Crippen LogP contribution in [0.15, 0.2) is 12.3 Å². The first-order valence-corrected chi connectivity index (χ1v) is 7.77. The fraction of sp³-hybridized carbons (Fsp3) is 0.429. The SMILES string of the molecule is Cc1nn(C)cc1CNc1cc(N)c(C(=O)NC2CC2)s1. The molecule has 3 rings (SSSR count). The first kappa shape index (κ1) is 13.9. The van der Waals surface area contributed by atoms with Crippen molar-refractivity contribution < 1.29 is 4.79 Å². The van der Waals surface area contributed by atoms with Gasteiger partial charge in [-0.1, -0.05) is 0 Å². The molecule has 1 amide bonds. The Morgan fingerprint density at radius 2 is 2.33 bits per heavy atom. The number of carbonyl (C=O) groups is 1. The summed E-state index contributed by atoms with van der Waals surface area (Å²) in [5.74, 6) is -0.0643. The van der Waals surface area contributed by atoms with Gasteiger partial charge in [0.05, 0.1) is 16.4 Å². The minimum Gasteiger partial charge on any atom is -0.397 e. The Hall–Kier alpha value is -2.02. The molecule has 0 unspecified atom stereocenters. The topological polar surface area (TPSA) is 85.0 Å². The zero-order valence-corrected chi connectivity index (χ0v) is 13.0. The Labute approximate surface area is 127 Å². The lowest BCUT2D eigenvalue weighted by Crippen LogP contribution is -2.25. The minimum atomic E-state index is -0.0643. The Balaban J connectivity index is 1.66. The van der Waals surface area contributed by atoms with Crippen LogP contribution in [0.25, 0.3) is 0 Å². The molecule has 112 valence electrons. The summed E-state index contributed by atoms with van der Waals surface area (Å²) in [6.07, 6.45) is 4.13.